The van der Waals surface area contributed by atoms with Crippen molar-refractivity contribution in [1.29, 1.82) is 0 Å². The van der Waals surface area contributed by atoms with Gasteiger partial charge in [0.2, 0.25) is 0 Å². The average molecular weight is 378 g/mol. The molecule has 0 aliphatic rings. The second kappa shape index (κ2) is 7.20. The highest BCUT2D eigenvalue weighted by Crippen LogP contribution is 2.29. The Morgan fingerprint density at radius 3 is 2.78 bits per heavy atom. The summed E-state index contributed by atoms with van der Waals surface area (Å²) in [5.74, 6) is -0.316. The van der Waals surface area contributed by atoms with E-state index < -0.39 is 0 Å². The molecule has 0 saturated carbocycles. The fourth-order valence-electron chi connectivity index (χ4n) is 2.89. The number of imidazole rings is 1. The van der Waals surface area contributed by atoms with Crippen molar-refractivity contribution < 1.29 is 9.53 Å². The molecule has 7 heteroatoms. The number of fused-ring (bicyclic) bond motifs is 1. The van der Waals surface area contributed by atoms with E-state index in [1.807, 2.05) is 53.2 Å². The summed E-state index contributed by atoms with van der Waals surface area (Å²) in [6, 6.07) is 13.1. The Balaban J connectivity index is 1.56. The molecule has 3 heterocycles. The second-order valence-corrected chi connectivity index (χ2v) is 6.79. The van der Waals surface area contributed by atoms with Gasteiger partial charge in [0, 0.05) is 17.3 Å². The highest BCUT2D eigenvalue weighted by Gasteiger charge is 2.14. The summed E-state index contributed by atoms with van der Waals surface area (Å²) in [6.45, 7) is 4.14. The van der Waals surface area contributed by atoms with Gasteiger partial charge < -0.3 is 10.1 Å². The van der Waals surface area contributed by atoms with Crippen LogP contribution in [0.3, 0.4) is 0 Å². The van der Waals surface area contributed by atoms with E-state index in [2.05, 4.69) is 10.3 Å². The summed E-state index contributed by atoms with van der Waals surface area (Å²) in [5, 5.41) is 6.07. The van der Waals surface area contributed by atoms with Crippen molar-refractivity contribution in [3.05, 3.63) is 65.3 Å². The summed E-state index contributed by atoms with van der Waals surface area (Å²) in [4.78, 5) is 21.0. The maximum Gasteiger partial charge on any atom is 0.338 e. The molecule has 4 aromatic rings. The van der Waals surface area contributed by atoms with Crippen LogP contribution >= 0.6 is 11.3 Å². The number of nitrogens with one attached hydrogen (secondary N) is 1. The van der Waals surface area contributed by atoms with Crippen LogP contribution in [0.25, 0.3) is 17.0 Å². The van der Waals surface area contributed by atoms with Gasteiger partial charge in [0.05, 0.1) is 23.6 Å². The smallest absolute Gasteiger partial charge is 0.338 e. The van der Waals surface area contributed by atoms with E-state index in [9.17, 15) is 4.79 Å². The fourth-order valence-corrected chi connectivity index (χ4v) is 3.61. The molecule has 27 heavy (non-hydrogen) atoms. The van der Waals surface area contributed by atoms with Gasteiger partial charge in [-0.05, 0) is 50.2 Å². The van der Waals surface area contributed by atoms with Crippen LogP contribution in [0.15, 0.2) is 54.0 Å². The lowest BCUT2D eigenvalue weighted by molar-refractivity contribution is 0.0526. The number of thiazole rings is 1. The van der Waals surface area contributed by atoms with Crippen molar-refractivity contribution in [2.75, 3.05) is 11.9 Å². The van der Waals surface area contributed by atoms with Gasteiger partial charge in [0.1, 0.15) is 11.3 Å². The molecule has 0 radical (unpaired) electrons. The third-order valence-corrected chi connectivity index (χ3v) is 4.86. The Hall–Kier alpha value is -3.19. The van der Waals surface area contributed by atoms with Gasteiger partial charge in [0.25, 0.3) is 0 Å². The average Bonchev–Trinajstić information content (AvgIpc) is 3.25. The highest BCUT2D eigenvalue weighted by molar-refractivity contribution is 7.14. The number of benzene rings is 1. The Morgan fingerprint density at radius 2 is 2.00 bits per heavy atom. The van der Waals surface area contributed by atoms with Gasteiger partial charge in [-0.15, -0.1) is 11.3 Å². The molecule has 0 fully saturated rings. The van der Waals surface area contributed by atoms with E-state index in [1.165, 1.54) is 11.3 Å². The highest BCUT2D eigenvalue weighted by atomic mass is 32.1. The van der Waals surface area contributed by atoms with E-state index >= 15 is 0 Å². The zero-order valence-electron chi connectivity index (χ0n) is 15.0. The van der Waals surface area contributed by atoms with Crippen LogP contribution in [0.1, 0.15) is 23.0 Å². The molecule has 0 aliphatic carbocycles. The summed E-state index contributed by atoms with van der Waals surface area (Å²) in [5.41, 5.74) is 5.11. The minimum absolute atomic E-state index is 0.316. The lowest BCUT2D eigenvalue weighted by Gasteiger charge is -2.05. The van der Waals surface area contributed by atoms with Gasteiger partial charge in [-0.3, -0.25) is 4.40 Å². The van der Waals surface area contributed by atoms with Gasteiger partial charge in [-0.25, -0.2) is 14.8 Å². The number of ether oxygens (including phenoxy) is 1. The number of hydrogen-bond donors (Lipinski definition) is 1. The van der Waals surface area contributed by atoms with Gasteiger partial charge >= 0.3 is 5.97 Å². The zero-order chi connectivity index (χ0) is 18.8. The van der Waals surface area contributed by atoms with E-state index in [0.29, 0.717) is 12.2 Å². The summed E-state index contributed by atoms with van der Waals surface area (Å²) >= 11 is 1.52. The first-order chi connectivity index (χ1) is 13.2. The van der Waals surface area contributed by atoms with Crippen molar-refractivity contribution >= 4 is 33.8 Å². The van der Waals surface area contributed by atoms with E-state index in [-0.39, 0.29) is 5.97 Å². The summed E-state index contributed by atoms with van der Waals surface area (Å²) < 4.78 is 7.04. The molecule has 1 N–H and O–H groups in total. The first kappa shape index (κ1) is 17.2. The molecular weight excluding hydrogens is 360 g/mol. The number of anilines is 2. The SMILES string of the molecule is CCOC(=O)c1ccc(Nc2nc(-c3c(C)nc4ccccn34)cs2)cc1. The van der Waals surface area contributed by atoms with Crippen LogP contribution in [0.5, 0.6) is 0 Å². The number of carbonyl (C=O) groups is 1. The lowest BCUT2D eigenvalue weighted by Crippen LogP contribution is -2.04. The Bertz CT molecular complexity index is 1100. The predicted molar refractivity (Wildman–Crippen MR) is 107 cm³/mol. The van der Waals surface area contributed by atoms with Crippen molar-refractivity contribution in [2.24, 2.45) is 0 Å². The minimum atomic E-state index is -0.316. The molecule has 0 bridgehead atoms. The number of pyridine rings is 1. The zero-order valence-corrected chi connectivity index (χ0v) is 15.8. The first-order valence-electron chi connectivity index (χ1n) is 8.59. The van der Waals surface area contributed by atoms with Crippen molar-refractivity contribution in [3.8, 4) is 11.4 Å². The van der Waals surface area contributed by atoms with Crippen LogP contribution in [0.2, 0.25) is 0 Å². The molecule has 0 atom stereocenters. The van der Waals surface area contributed by atoms with Crippen molar-refractivity contribution in [2.45, 2.75) is 13.8 Å². The van der Waals surface area contributed by atoms with Crippen LogP contribution in [0, 0.1) is 6.92 Å². The van der Waals surface area contributed by atoms with Crippen molar-refractivity contribution in [1.82, 2.24) is 14.4 Å². The standard InChI is InChI=1S/C20H18N4O2S/c1-3-26-19(25)14-7-9-15(10-8-14)22-20-23-16(12-27-20)18-13(2)21-17-6-4-5-11-24(17)18/h4-12H,3H2,1-2H3,(H,22,23). The number of carbonyl (C=O) groups excluding carboxylic acids is 1. The van der Waals surface area contributed by atoms with E-state index in [0.717, 1.165) is 33.5 Å². The van der Waals surface area contributed by atoms with Gasteiger partial charge in [-0.2, -0.15) is 0 Å². The molecule has 0 amide bonds. The topological polar surface area (TPSA) is 68.5 Å². The Kier molecular flexibility index (Phi) is 4.60. The molecule has 3 aromatic heterocycles. The monoisotopic (exact) mass is 378 g/mol. The minimum Gasteiger partial charge on any atom is -0.462 e. The van der Waals surface area contributed by atoms with Crippen LogP contribution in [-0.2, 0) is 4.74 Å². The molecule has 136 valence electrons. The first-order valence-corrected chi connectivity index (χ1v) is 9.47. The van der Waals surface area contributed by atoms with Crippen LogP contribution in [-0.4, -0.2) is 26.9 Å². The number of aryl methyl sites for hydroxylation is 1. The fraction of sp³-hybridized carbons (Fsp3) is 0.150. The lowest BCUT2D eigenvalue weighted by atomic mass is 10.2. The predicted octanol–water partition coefficient (Wildman–Crippen LogP) is 4.69. The molecule has 0 spiro atoms. The molecular formula is C20H18N4O2S. The maximum absolute atomic E-state index is 11.7. The number of aromatic nitrogens is 3. The third-order valence-electron chi connectivity index (χ3n) is 4.10. The van der Waals surface area contributed by atoms with Crippen LogP contribution in [0.4, 0.5) is 10.8 Å². The molecule has 0 aliphatic heterocycles. The number of hydrogen-bond acceptors (Lipinski definition) is 6. The Morgan fingerprint density at radius 1 is 1.19 bits per heavy atom. The third kappa shape index (κ3) is 3.41. The van der Waals surface area contributed by atoms with Gasteiger partial charge in [0.15, 0.2) is 5.13 Å². The number of esters is 1. The molecule has 6 nitrogen and oxygen atoms in total. The van der Waals surface area contributed by atoms with E-state index in [4.69, 9.17) is 9.72 Å². The normalized spacial score (nSPS) is 10.9. The maximum atomic E-state index is 11.7. The van der Waals surface area contributed by atoms with Crippen LogP contribution < -0.4 is 5.32 Å². The number of nitrogens with zero attached hydrogens (tertiary/aromatic N) is 3. The van der Waals surface area contributed by atoms with Gasteiger partial charge in [-0.1, -0.05) is 6.07 Å². The molecule has 0 unspecified atom stereocenters. The van der Waals surface area contributed by atoms with Crippen molar-refractivity contribution in [3.63, 3.8) is 0 Å². The summed E-state index contributed by atoms with van der Waals surface area (Å²) in [6.07, 6.45) is 1.99. The second-order valence-electron chi connectivity index (χ2n) is 5.94. The molecule has 4 rings (SSSR count). The molecule has 1 aromatic carbocycles. The Labute approximate surface area is 160 Å². The molecule has 0 saturated heterocycles. The van der Waals surface area contributed by atoms with E-state index in [1.54, 1.807) is 19.1 Å². The number of rotatable bonds is 5. The quantitative estimate of drug-likeness (QED) is 0.510. The summed E-state index contributed by atoms with van der Waals surface area (Å²) in [7, 11) is 0. The largest absolute Gasteiger partial charge is 0.462 e.